The molecular formula is C15H17ClN2O2S. The number of nitrogens with one attached hydrogen (secondary N) is 1. The number of sulfonamides is 1. The van der Waals surface area contributed by atoms with E-state index in [9.17, 15) is 8.42 Å². The molecule has 3 N–H and O–H groups in total. The molecule has 0 saturated carbocycles. The van der Waals surface area contributed by atoms with E-state index in [4.69, 9.17) is 17.3 Å². The van der Waals surface area contributed by atoms with Gasteiger partial charge < -0.3 is 5.73 Å². The molecule has 2 aromatic rings. The first kappa shape index (κ1) is 15.8. The Morgan fingerprint density at radius 3 is 2.43 bits per heavy atom. The van der Waals surface area contributed by atoms with Crippen LogP contribution >= 0.6 is 11.6 Å². The fraction of sp³-hybridized carbons (Fsp3) is 0.200. The van der Waals surface area contributed by atoms with Crippen LogP contribution in [-0.4, -0.2) is 8.42 Å². The van der Waals surface area contributed by atoms with Crippen molar-refractivity contribution in [3.63, 3.8) is 0 Å². The third-order valence-electron chi connectivity index (χ3n) is 3.18. The molecule has 112 valence electrons. The Kier molecular flexibility index (Phi) is 4.56. The second-order valence-corrected chi connectivity index (χ2v) is 6.97. The number of nitrogens with two attached hydrogens (primary N) is 1. The van der Waals surface area contributed by atoms with Crippen LogP contribution in [0.3, 0.4) is 0 Å². The van der Waals surface area contributed by atoms with E-state index >= 15 is 0 Å². The van der Waals surface area contributed by atoms with E-state index in [1.165, 1.54) is 12.1 Å². The van der Waals surface area contributed by atoms with Crippen LogP contribution in [0, 0.1) is 13.8 Å². The van der Waals surface area contributed by atoms with Gasteiger partial charge in [0.25, 0.3) is 10.0 Å². The maximum atomic E-state index is 12.4. The van der Waals surface area contributed by atoms with Crippen molar-refractivity contribution in [3.05, 3.63) is 58.1 Å². The lowest BCUT2D eigenvalue weighted by molar-refractivity contribution is 0.601. The van der Waals surface area contributed by atoms with Crippen molar-refractivity contribution in [2.45, 2.75) is 25.3 Å². The Bertz CT molecular complexity index is 773. The van der Waals surface area contributed by atoms with Crippen molar-refractivity contribution in [2.75, 3.05) is 4.72 Å². The van der Waals surface area contributed by atoms with E-state index in [-0.39, 0.29) is 11.4 Å². The van der Waals surface area contributed by atoms with Crippen molar-refractivity contribution in [2.24, 2.45) is 5.73 Å². The summed E-state index contributed by atoms with van der Waals surface area (Å²) in [6.07, 6.45) is 0. The third kappa shape index (κ3) is 3.56. The van der Waals surface area contributed by atoms with Crippen LogP contribution in [0.15, 0.2) is 41.3 Å². The first-order valence-corrected chi connectivity index (χ1v) is 8.28. The van der Waals surface area contributed by atoms with E-state index in [0.29, 0.717) is 16.3 Å². The van der Waals surface area contributed by atoms with Gasteiger partial charge in [-0.2, -0.15) is 0 Å². The maximum Gasteiger partial charge on any atom is 0.261 e. The fourth-order valence-corrected chi connectivity index (χ4v) is 3.47. The molecule has 0 aliphatic rings. The molecular weight excluding hydrogens is 308 g/mol. The molecule has 2 rings (SSSR count). The monoisotopic (exact) mass is 324 g/mol. The standard InChI is InChI=1S/C15H17ClN2O2S/c1-10-3-6-15(11(2)7-10)18-21(19,20)13-5-4-12(9-17)14(16)8-13/h3-8,18H,9,17H2,1-2H3. The second kappa shape index (κ2) is 6.05. The van der Waals surface area contributed by atoms with Gasteiger partial charge in [0, 0.05) is 11.6 Å². The number of rotatable bonds is 4. The molecule has 0 aliphatic carbocycles. The van der Waals surface area contributed by atoms with Crippen LogP contribution in [0.4, 0.5) is 5.69 Å². The van der Waals surface area contributed by atoms with Crippen molar-refractivity contribution >= 4 is 27.3 Å². The van der Waals surface area contributed by atoms with Gasteiger partial charge in [-0.1, -0.05) is 35.4 Å². The van der Waals surface area contributed by atoms with Crippen LogP contribution in [-0.2, 0) is 16.6 Å². The first-order chi connectivity index (χ1) is 9.83. The van der Waals surface area contributed by atoms with Crippen LogP contribution in [0.2, 0.25) is 5.02 Å². The van der Waals surface area contributed by atoms with Gasteiger partial charge in [-0.3, -0.25) is 4.72 Å². The minimum atomic E-state index is -3.67. The molecule has 0 fully saturated rings. The molecule has 0 aliphatic heterocycles. The summed E-state index contributed by atoms with van der Waals surface area (Å²) in [5, 5.41) is 0.348. The van der Waals surface area contributed by atoms with Crippen molar-refractivity contribution < 1.29 is 8.42 Å². The Morgan fingerprint density at radius 1 is 1.14 bits per heavy atom. The van der Waals surface area contributed by atoms with Gasteiger partial charge in [0.05, 0.1) is 10.6 Å². The van der Waals surface area contributed by atoms with E-state index in [2.05, 4.69) is 4.72 Å². The number of halogens is 1. The van der Waals surface area contributed by atoms with Crippen molar-refractivity contribution in [3.8, 4) is 0 Å². The quantitative estimate of drug-likeness (QED) is 0.907. The lowest BCUT2D eigenvalue weighted by Gasteiger charge is -2.12. The van der Waals surface area contributed by atoms with E-state index < -0.39 is 10.0 Å². The topological polar surface area (TPSA) is 72.2 Å². The molecule has 0 spiro atoms. The number of hydrogen-bond acceptors (Lipinski definition) is 3. The molecule has 21 heavy (non-hydrogen) atoms. The van der Waals surface area contributed by atoms with Crippen molar-refractivity contribution in [1.29, 1.82) is 0 Å². The lowest BCUT2D eigenvalue weighted by Crippen LogP contribution is -2.14. The summed E-state index contributed by atoms with van der Waals surface area (Å²) >= 11 is 6.02. The minimum Gasteiger partial charge on any atom is -0.326 e. The average Bonchev–Trinajstić information content (AvgIpc) is 2.42. The highest BCUT2D eigenvalue weighted by molar-refractivity contribution is 7.92. The predicted molar refractivity (Wildman–Crippen MR) is 86.1 cm³/mol. The Balaban J connectivity index is 2.36. The van der Waals surface area contributed by atoms with Gasteiger partial charge in [-0.15, -0.1) is 0 Å². The molecule has 0 bridgehead atoms. The van der Waals surface area contributed by atoms with Gasteiger partial charge in [0.15, 0.2) is 0 Å². The third-order valence-corrected chi connectivity index (χ3v) is 4.90. The molecule has 0 radical (unpaired) electrons. The Morgan fingerprint density at radius 2 is 1.86 bits per heavy atom. The zero-order valence-electron chi connectivity index (χ0n) is 11.9. The van der Waals surface area contributed by atoms with Gasteiger partial charge >= 0.3 is 0 Å². The number of aryl methyl sites for hydroxylation is 2. The molecule has 2 aromatic carbocycles. The molecule has 0 atom stereocenters. The Hall–Kier alpha value is -1.56. The highest BCUT2D eigenvalue weighted by atomic mass is 35.5. The SMILES string of the molecule is Cc1ccc(NS(=O)(=O)c2ccc(CN)c(Cl)c2)c(C)c1. The number of hydrogen-bond donors (Lipinski definition) is 2. The maximum absolute atomic E-state index is 12.4. The van der Waals surface area contributed by atoms with Gasteiger partial charge in [0.1, 0.15) is 0 Å². The van der Waals surface area contributed by atoms with Crippen LogP contribution < -0.4 is 10.5 Å². The van der Waals surface area contributed by atoms with E-state index in [1.54, 1.807) is 12.1 Å². The predicted octanol–water partition coefficient (Wildman–Crippen LogP) is 3.22. The van der Waals surface area contributed by atoms with Crippen LogP contribution in [0.1, 0.15) is 16.7 Å². The Labute approximate surface area is 130 Å². The summed E-state index contributed by atoms with van der Waals surface area (Å²) in [5.41, 5.74) is 8.72. The minimum absolute atomic E-state index is 0.115. The summed E-state index contributed by atoms with van der Waals surface area (Å²) in [6.45, 7) is 4.08. The molecule has 0 unspecified atom stereocenters. The zero-order valence-corrected chi connectivity index (χ0v) is 13.4. The van der Waals surface area contributed by atoms with Crippen LogP contribution in [0.5, 0.6) is 0 Å². The van der Waals surface area contributed by atoms with E-state index in [0.717, 1.165) is 11.1 Å². The smallest absolute Gasteiger partial charge is 0.261 e. The normalized spacial score (nSPS) is 11.4. The van der Waals surface area contributed by atoms with E-state index in [1.807, 2.05) is 26.0 Å². The van der Waals surface area contributed by atoms with Gasteiger partial charge in [-0.25, -0.2) is 8.42 Å². The van der Waals surface area contributed by atoms with Gasteiger partial charge in [-0.05, 0) is 43.2 Å². The number of anilines is 1. The zero-order chi connectivity index (χ0) is 15.6. The summed E-state index contributed by atoms with van der Waals surface area (Å²) in [5.74, 6) is 0. The summed E-state index contributed by atoms with van der Waals surface area (Å²) < 4.78 is 27.4. The highest BCUT2D eigenvalue weighted by Gasteiger charge is 2.16. The molecule has 4 nitrogen and oxygen atoms in total. The van der Waals surface area contributed by atoms with Crippen LogP contribution in [0.25, 0.3) is 0 Å². The summed E-state index contributed by atoms with van der Waals surface area (Å²) in [6, 6.07) is 10.1. The fourth-order valence-electron chi connectivity index (χ4n) is 1.99. The highest BCUT2D eigenvalue weighted by Crippen LogP contribution is 2.24. The summed E-state index contributed by atoms with van der Waals surface area (Å²) in [4.78, 5) is 0.115. The summed E-state index contributed by atoms with van der Waals surface area (Å²) in [7, 11) is -3.67. The van der Waals surface area contributed by atoms with Gasteiger partial charge in [0.2, 0.25) is 0 Å². The lowest BCUT2D eigenvalue weighted by atomic mass is 10.1. The molecule has 0 amide bonds. The average molecular weight is 325 g/mol. The number of benzene rings is 2. The largest absolute Gasteiger partial charge is 0.326 e. The first-order valence-electron chi connectivity index (χ1n) is 6.42. The molecule has 0 aromatic heterocycles. The molecule has 0 heterocycles. The molecule has 6 heteroatoms. The second-order valence-electron chi connectivity index (χ2n) is 4.88. The molecule has 0 saturated heterocycles. The van der Waals surface area contributed by atoms with Crippen molar-refractivity contribution in [1.82, 2.24) is 0 Å².